The average Bonchev–Trinajstić information content (AvgIpc) is 2.59. The van der Waals surface area contributed by atoms with E-state index in [-0.39, 0.29) is 5.54 Å². The number of aryl methyl sites for hydroxylation is 1. The molecule has 0 amide bonds. The van der Waals surface area contributed by atoms with E-state index >= 15 is 0 Å². The molecule has 0 spiro atoms. The molecule has 17 heavy (non-hydrogen) atoms. The minimum absolute atomic E-state index is 0.141. The Hall–Kier alpha value is -1.14. The third-order valence-corrected chi connectivity index (χ3v) is 3.90. The first kappa shape index (κ1) is 12.3. The lowest BCUT2D eigenvalue weighted by molar-refractivity contribution is 0.0540. The Kier molecular flexibility index (Phi) is 3.35. The third-order valence-electron chi connectivity index (χ3n) is 2.84. The molecule has 0 radical (unpaired) electrons. The fraction of sp³-hybridized carbons (Fsp3) is 0.636. The summed E-state index contributed by atoms with van der Waals surface area (Å²) in [6, 6.07) is 0. The molecule has 6 heteroatoms. The van der Waals surface area contributed by atoms with Crippen molar-refractivity contribution in [1.29, 1.82) is 0 Å². The van der Waals surface area contributed by atoms with Gasteiger partial charge in [-0.3, -0.25) is 0 Å². The smallest absolute Gasteiger partial charge is 0.347 e. The molecular weight excluding hydrogens is 240 g/mol. The summed E-state index contributed by atoms with van der Waals surface area (Å²) in [7, 11) is 0. The number of hydrogen-bond acceptors (Lipinski definition) is 5. The maximum atomic E-state index is 10.9. The summed E-state index contributed by atoms with van der Waals surface area (Å²) in [5.74, 6) is -0.918. The molecular formula is C11H16N2O3S. The molecule has 0 aromatic carbocycles. The summed E-state index contributed by atoms with van der Waals surface area (Å²) in [5, 5.41) is 12.9. The lowest BCUT2D eigenvalue weighted by Gasteiger charge is -2.34. The summed E-state index contributed by atoms with van der Waals surface area (Å²) in [6.07, 6.45) is 2.02. The zero-order valence-electron chi connectivity index (χ0n) is 9.95. The van der Waals surface area contributed by atoms with Crippen LogP contribution in [-0.2, 0) is 4.74 Å². The second kappa shape index (κ2) is 4.62. The van der Waals surface area contributed by atoms with Crippen LogP contribution in [0.3, 0.4) is 0 Å². The minimum atomic E-state index is -0.918. The molecule has 2 rings (SSSR count). The number of rotatable bonds is 3. The van der Waals surface area contributed by atoms with Crippen molar-refractivity contribution in [2.75, 3.05) is 18.5 Å². The van der Waals surface area contributed by atoms with Crippen LogP contribution >= 0.6 is 11.3 Å². The highest BCUT2D eigenvalue weighted by Gasteiger charge is 2.29. The zero-order valence-corrected chi connectivity index (χ0v) is 10.8. The van der Waals surface area contributed by atoms with Gasteiger partial charge in [-0.1, -0.05) is 11.3 Å². The number of hydrogen-bond donors (Lipinski definition) is 2. The predicted molar refractivity (Wildman–Crippen MR) is 65.9 cm³/mol. The van der Waals surface area contributed by atoms with Gasteiger partial charge >= 0.3 is 5.97 Å². The van der Waals surface area contributed by atoms with Crippen LogP contribution in [0.5, 0.6) is 0 Å². The van der Waals surface area contributed by atoms with E-state index in [0.29, 0.717) is 22.3 Å². The van der Waals surface area contributed by atoms with E-state index in [4.69, 9.17) is 9.84 Å². The van der Waals surface area contributed by atoms with Crippen molar-refractivity contribution in [3.63, 3.8) is 0 Å². The zero-order chi connectivity index (χ0) is 12.5. The number of nitrogens with one attached hydrogen (secondary N) is 1. The topological polar surface area (TPSA) is 71.5 Å². The van der Waals surface area contributed by atoms with Crippen LogP contribution < -0.4 is 5.32 Å². The van der Waals surface area contributed by atoms with Gasteiger partial charge in [0.05, 0.1) is 17.8 Å². The lowest BCUT2D eigenvalue weighted by Crippen LogP contribution is -2.42. The third kappa shape index (κ3) is 2.76. The molecule has 0 saturated carbocycles. The quantitative estimate of drug-likeness (QED) is 0.866. The van der Waals surface area contributed by atoms with Gasteiger partial charge in [0.1, 0.15) is 4.88 Å². The van der Waals surface area contributed by atoms with Gasteiger partial charge in [0.25, 0.3) is 0 Å². The molecule has 1 atom stereocenters. The van der Waals surface area contributed by atoms with Crippen molar-refractivity contribution in [3.05, 3.63) is 10.6 Å². The number of carboxylic acid groups (broad SMARTS) is 1. The normalized spacial score (nSPS) is 24.6. The van der Waals surface area contributed by atoms with Crippen molar-refractivity contribution in [2.45, 2.75) is 32.2 Å². The Balaban J connectivity index is 2.13. The number of aromatic nitrogens is 1. The standard InChI is InChI=1S/C11H16N2O3S/c1-7-8(9(14)15)17-10(12-7)13-11(2)4-3-5-16-6-11/h3-6H2,1-2H3,(H,12,13)(H,14,15). The summed E-state index contributed by atoms with van der Waals surface area (Å²) < 4.78 is 5.44. The molecule has 1 fully saturated rings. The molecule has 1 aliphatic heterocycles. The molecule has 1 aliphatic rings. The van der Waals surface area contributed by atoms with E-state index in [2.05, 4.69) is 17.2 Å². The predicted octanol–water partition coefficient (Wildman–Crippen LogP) is 2.13. The number of thiazole rings is 1. The van der Waals surface area contributed by atoms with Crippen molar-refractivity contribution >= 4 is 22.4 Å². The van der Waals surface area contributed by atoms with E-state index in [1.165, 1.54) is 11.3 Å². The number of ether oxygens (including phenoxy) is 1. The van der Waals surface area contributed by atoms with E-state index in [1.807, 2.05) is 0 Å². The number of aromatic carboxylic acids is 1. The summed E-state index contributed by atoms with van der Waals surface area (Å²) >= 11 is 1.18. The Bertz CT molecular complexity index is 424. The van der Waals surface area contributed by atoms with Crippen LogP contribution in [0.25, 0.3) is 0 Å². The average molecular weight is 256 g/mol. The van der Waals surface area contributed by atoms with E-state index in [0.717, 1.165) is 19.4 Å². The molecule has 94 valence electrons. The summed E-state index contributed by atoms with van der Waals surface area (Å²) in [4.78, 5) is 15.5. The Labute approximate surface area is 104 Å². The number of carbonyl (C=O) groups is 1. The van der Waals surface area contributed by atoms with Crippen LogP contribution in [0.1, 0.15) is 35.1 Å². The van der Waals surface area contributed by atoms with Crippen molar-refractivity contribution in [1.82, 2.24) is 4.98 Å². The highest BCUT2D eigenvalue weighted by molar-refractivity contribution is 7.17. The van der Waals surface area contributed by atoms with Gasteiger partial charge < -0.3 is 15.2 Å². The number of anilines is 1. The highest BCUT2D eigenvalue weighted by Crippen LogP contribution is 2.28. The Morgan fingerprint density at radius 2 is 2.41 bits per heavy atom. The van der Waals surface area contributed by atoms with Gasteiger partial charge in [-0.2, -0.15) is 0 Å². The second-order valence-corrected chi connectivity index (χ2v) is 5.58. The first-order valence-corrected chi connectivity index (χ1v) is 6.38. The summed E-state index contributed by atoms with van der Waals surface area (Å²) in [5.41, 5.74) is 0.420. The molecule has 1 unspecified atom stereocenters. The highest BCUT2D eigenvalue weighted by atomic mass is 32.1. The van der Waals surface area contributed by atoms with Crippen LogP contribution in [0, 0.1) is 6.92 Å². The van der Waals surface area contributed by atoms with Crippen molar-refractivity contribution < 1.29 is 14.6 Å². The maximum absolute atomic E-state index is 10.9. The number of nitrogens with zero attached hydrogens (tertiary/aromatic N) is 1. The molecule has 2 N–H and O–H groups in total. The second-order valence-electron chi connectivity index (χ2n) is 4.58. The van der Waals surface area contributed by atoms with Gasteiger partial charge in [-0.05, 0) is 26.7 Å². The van der Waals surface area contributed by atoms with Crippen molar-refractivity contribution in [3.8, 4) is 0 Å². The SMILES string of the molecule is Cc1nc(NC2(C)CCCOC2)sc1C(=O)O. The molecule has 0 bridgehead atoms. The molecule has 0 aliphatic carbocycles. The van der Waals surface area contributed by atoms with Crippen LogP contribution in [0.2, 0.25) is 0 Å². The first-order chi connectivity index (χ1) is 8.00. The Morgan fingerprint density at radius 3 is 2.94 bits per heavy atom. The Morgan fingerprint density at radius 1 is 1.65 bits per heavy atom. The van der Waals surface area contributed by atoms with Gasteiger partial charge in [0.15, 0.2) is 5.13 Å². The van der Waals surface area contributed by atoms with Crippen LogP contribution in [0.4, 0.5) is 5.13 Å². The monoisotopic (exact) mass is 256 g/mol. The molecule has 1 aromatic heterocycles. The molecule has 1 aromatic rings. The lowest BCUT2D eigenvalue weighted by atomic mass is 9.95. The maximum Gasteiger partial charge on any atom is 0.347 e. The first-order valence-electron chi connectivity index (χ1n) is 5.57. The van der Waals surface area contributed by atoms with Gasteiger partial charge in [0, 0.05) is 6.61 Å². The fourth-order valence-corrected chi connectivity index (χ4v) is 2.89. The minimum Gasteiger partial charge on any atom is -0.477 e. The van der Waals surface area contributed by atoms with Crippen molar-refractivity contribution in [2.24, 2.45) is 0 Å². The van der Waals surface area contributed by atoms with Gasteiger partial charge in [-0.25, -0.2) is 9.78 Å². The van der Waals surface area contributed by atoms with E-state index in [1.54, 1.807) is 6.92 Å². The fourth-order valence-electron chi connectivity index (χ4n) is 1.94. The largest absolute Gasteiger partial charge is 0.477 e. The molecule has 5 nitrogen and oxygen atoms in total. The van der Waals surface area contributed by atoms with Crippen LogP contribution in [0.15, 0.2) is 0 Å². The summed E-state index contributed by atoms with van der Waals surface area (Å²) in [6.45, 7) is 5.22. The van der Waals surface area contributed by atoms with E-state index < -0.39 is 5.97 Å². The molecule has 1 saturated heterocycles. The van der Waals surface area contributed by atoms with E-state index in [9.17, 15) is 4.79 Å². The number of carboxylic acids is 1. The van der Waals surface area contributed by atoms with Gasteiger partial charge in [-0.15, -0.1) is 0 Å². The van der Waals surface area contributed by atoms with Gasteiger partial charge in [0.2, 0.25) is 0 Å². The molecule has 2 heterocycles. The van der Waals surface area contributed by atoms with Crippen LogP contribution in [-0.4, -0.2) is 34.8 Å².